The number of benzene rings is 2. The van der Waals surface area contributed by atoms with E-state index < -0.39 is 6.23 Å². The van der Waals surface area contributed by atoms with Gasteiger partial charge in [0, 0.05) is 29.9 Å². The van der Waals surface area contributed by atoms with Gasteiger partial charge in [-0.25, -0.2) is 5.01 Å². The van der Waals surface area contributed by atoms with Crippen molar-refractivity contribution < 1.29 is 18.9 Å². The molecule has 158 valence electrons. The maximum Gasteiger partial charge on any atom is 0.217 e. The van der Waals surface area contributed by atoms with Crippen LogP contribution in [0.4, 0.5) is 0 Å². The topological polar surface area (TPSA) is 65.4 Å². The van der Waals surface area contributed by atoms with E-state index in [1.165, 1.54) is 0 Å². The SMILES string of the molecule is COc1ccc(OC)c([C@H]2Oc3c(OC)cccc3[C@H]3CC(c4cccnc4)=NN32)c1. The van der Waals surface area contributed by atoms with Gasteiger partial charge in [0.1, 0.15) is 11.5 Å². The van der Waals surface area contributed by atoms with Crippen LogP contribution in [0.5, 0.6) is 23.0 Å². The molecule has 7 heteroatoms. The number of aromatic nitrogens is 1. The third kappa shape index (κ3) is 3.22. The summed E-state index contributed by atoms with van der Waals surface area (Å²) in [4.78, 5) is 4.26. The van der Waals surface area contributed by atoms with Crippen molar-refractivity contribution in [2.24, 2.45) is 5.10 Å². The van der Waals surface area contributed by atoms with Gasteiger partial charge < -0.3 is 18.9 Å². The van der Waals surface area contributed by atoms with Gasteiger partial charge >= 0.3 is 0 Å². The van der Waals surface area contributed by atoms with Crippen molar-refractivity contribution in [3.05, 3.63) is 77.6 Å². The standard InChI is InChI=1S/C24H23N3O4/c1-28-16-9-10-21(29-2)18(12-16)24-27-20(13-19(26-27)15-6-5-11-25-14-15)17-7-4-8-22(30-3)23(17)31-24/h4-12,14,20,24H,13H2,1-3H3/t20-,24-/m1/s1. The second kappa shape index (κ2) is 7.83. The van der Waals surface area contributed by atoms with Gasteiger partial charge in [0.2, 0.25) is 6.23 Å². The molecule has 0 unspecified atom stereocenters. The van der Waals surface area contributed by atoms with E-state index in [4.69, 9.17) is 24.0 Å². The molecule has 0 radical (unpaired) electrons. The number of fused-ring (bicyclic) bond motifs is 3. The van der Waals surface area contributed by atoms with Gasteiger partial charge in [0.25, 0.3) is 0 Å². The van der Waals surface area contributed by atoms with Crippen LogP contribution in [0.15, 0.2) is 66.0 Å². The number of pyridine rings is 1. The summed E-state index contributed by atoms with van der Waals surface area (Å²) in [5, 5.41) is 6.97. The first-order valence-corrected chi connectivity index (χ1v) is 10.0. The van der Waals surface area contributed by atoms with Crippen LogP contribution in [0.2, 0.25) is 0 Å². The number of nitrogens with zero attached hydrogens (tertiary/aromatic N) is 3. The molecular weight excluding hydrogens is 394 g/mol. The summed E-state index contributed by atoms with van der Waals surface area (Å²) in [6, 6.07) is 15.6. The predicted octanol–water partition coefficient (Wildman–Crippen LogP) is 4.35. The minimum atomic E-state index is -0.506. The molecule has 2 atom stereocenters. The van der Waals surface area contributed by atoms with Crippen molar-refractivity contribution in [1.82, 2.24) is 9.99 Å². The number of hydrazone groups is 1. The molecule has 5 rings (SSSR count). The maximum absolute atomic E-state index is 6.52. The van der Waals surface area contributed by atoms with Gasteiger partial charge in [-0.3, -0.25) is 4.98 Å². The van der Waals surface area contributed by atoms with E-state index in [1.807, 2.05) is 53.7 Å². The third-order valence-electron chi connectivity index (χ3n) is 5.70. The first kappa shape index (κ1) is 19.2. The molecule has 2 aliphatic heterocycles. The highest BCUT2D eigenvalue weighted by molar-refractivity contribution is 6.01. The molecule has 2 aliphatic rings. The summed E-state index contributed by atoms with van der Waals surface area (Å²) < 4.78 is 23.2. The molecule has 0 saturated carbocycles. The molecule has 0 spiro atoms. The van der Waals surface area contributed by atoms with E-state index >= 15 is 0 Å². The summed E-state index contributed by atoms with van der Waals surface area (Å²) in [7, 11) is 4.94. The molecule has 1 aromatic heterocycles. The highest BCUT2D eigenvalue weighted by Crippen LogP contribution is 2.52. The zero-order valence-electron chi connectivity index (χ0n) is 17.6. The van der Waals surface area contributed by atoms with E-state index in [2.05, 4.69) is 11.1 Å². The van der Waals surface area contributed by atoms with E-state index in [1.54, 1.807) is 27.5 Å². The van der Waals surface area contributed by atoms with E-state index in [0.717, 1.165) is 40.3 Å². The number of methoxy groups -OCH3 is 3. The van der Waals surface area contributed by atoms with Gasteiger partial charge in [-0.2, -0.15) is 5.10 Å². The van der Waals surface area contributed by atoms with E-state index in [9.17, 15) is 0 Å². The van der Waals surface area contributed by atoms with E-state index in [-0.39, 0.29) is 6.04 Å². The van der Waals surface area contributed by atoms with Crippen LogP contribution >= 0.6 is 0 Å². The Hall–Kier alpha value is -3.74. The Morgan fingerprint density at radius 3 is 2.55 bits per heavy atom. The molecule has 2 aromatic carbocycles. The van der Waals surface area contributed by atoms with Gasteiger partial charge in [0.05, 0.1) is 38.6 Å². The molecule has 7 nitrogen and oxygen atoms in total. The highest BCUT2D eigenvalue weighted by Gasteiger charge is 2.43. The Balaban J connectivity index is 1.66. The second-order valence-electron chi connectivity index (χ2n) is 7.35. The first-order chi connectivity index (χ1) is 15.2. The Bertz CT molecular complexity index is 1130. The summed E-state index contributed by atoms with van der Waals surface area (Å²) in [6.07, 6.45) is 3.83. The van der Waals surface area contributed by atoms with Crippen molar-refractivity contribution in [2.75, 3.05) is 21.3 Å². The lowest BCUT2D eigenvalue weighted by atomic mass is 9.96. The Morgan fingerprint density at radius 2 is 1.81 bits per heavy atom. The highest BCUT2D eigenvalue weighted by atomic mass is 16.5. The fourth-order valence-electron chi connectivity index (χ4n) is 4.19. The lowest BCUT2D eigenvalue weighted by molar-refractivity contribution is -0.0223. The van der Waals surface area contributed by atoms with Crippen LogP contribution in [0.3, 0.4) is 0 Å². The smallest absolute Gasteiger partial charge is 0.217 e. The lowest BCUT2D eigenvalue weighted by Crippen LogP contribution is -2.34. The lowest BCUT2D eigenvalue weighted by Gasteiger charge is -2.39. The molecule has 0 saturated heterocycles. The Labute approximate surface area is 180 Å². The molecule has 0 bridgehead atoms. The maximum atomic E-state index is 6.52. The minimum absolute atomic E-state index is 0.00466. The summed E-state index contributed by atoms with van der Waals surface area (Å²) >= 11 is 0. The van der Waals surface area contributed by atoms with Gasteiger partial charge in [-0.1, -0.05) is 18.2 Å². The summed E-state index contributed by atoms with van der Waals surface area (Å²) in [5.74, 6) is 2.84. The predicted molar refractivity (Wildman–Crippen MR) is 116 cm³/mol. The van der Waals surface area contributed by atoms with Crippen molar-refractivity contribution in [3.63, 3.8) is 0 Å². The van der Waals surface area contributed by atoms with Crippen LogP contribution < -0.4 is 18.9 Å². The molecule has 0 fully saturated rings. The number of para-hydroxylation sites is 1. The van der Waals surface area contributed by atoms with Crippen molar-refractivity contribution in [3.8, 4) is 23.0 Å². The number of hydrogen-bond acceptors (Lipinski definition) is 7. The summed E-state index contributed by atoms with van der Waals surface area (Å²) in [6.45, 7) is 0. The van der Waals surface area contributed by atoms with Crippen LogP contribution in [-0.2, 0) is 0 Å². The van der Waals surface area contributed by atoms with E-state index in [0.29, 0.717) is 11.5 Å². The normalized spacial score (nSPS) is 19.1. The fourth-order valence-corrected chi connectivity index (χ4v) is 4.19. The summed E-state index contributed by atoms with van der Waals surface area (Å²) in [5.41, 5.74) is 3.83. The zero-order chi connectivity index (χ0) is 21.4. The number of rotatable bonds is 5. The van der Waals surface area contributed by atoms with Crippen molar-refractivity contribution in [1.29, 1.82) is 0 Å². The quantitative estimate of drug-likeness (QED) is 0.615. The Morgan fingerprint density at radius 1 is 0.935 bits per heavy atom. The van der Waals surface area contributed by atoms with Crippen LogP contribution in [-0.4, -0.2) is 37.0 Å². The fraction of sp³-hybridized carbons (Fsp3) is 0.250. The van der Waals surface area contributed by atoms with Crippen LogP contribution in [0.1, 0.15) is 35.4 Å². The molecule has 3 heterocycles. The average Bonchev–Trinajstić information content (AvgIpc) is 3.29. The molecule has 31 heavy (non-hydrogen) atoms. The Kier molecular flexibility index (Phi) is 4.86. The second-order valence-corrected chi connectivity index (χ2v) is 7.35. The third-order valence-corrected chi connectivity index (χ3v) is 5.70. The number of hydrogen-bond donors (Lipinski definition) is 0. The van der Waals surface area contributed by atoms with Gasteiger partial charge in [-0.15, -0.1) is 0 Å². The zero-order valence-corrected chi connectivity index (χ0v) is 17.6. The van der Waals surface area contributed by atoms with Gasteiger partial charge in [0.15, 0.2) is 11.5 Å². The largest absolute Gasteiger partial charge is 0.497 e. The van der Waals surface area contributed by atoms with Crippen LogP contribution in [0.25, 0.3) is 0 Å². The molecule has 0 N–H and O–H groups in total. The first-order valence-electron chi connectivity index (χ1n) is 10.0. The molecule has 0 amide bonds. The monoisotopic (exact) mass is 417 g/mol. The minimum Gasteiger partial charge on any atom is -0.497 e. The number of ether oxygens (including phenoxy) is 4. The molecule has 0 aliphatic carbocycles. The van der Waals surface area contributed by atoms with Crippen LogP contribution in [0, 0.1) is 0 Å². The molecular formula is C24H23N3O4. The molecule has 3 aromatic rings. The van der Waals surface area contributed by atoms with Gasteiger partial charge in [-0.05, 0) is 30.3 Å². The van der Waals surface area contributed by atoms with Crippen molar-refractivity contribution >= 4 is 5.71 Å². The average molecular weight is 417 g/mol. The van der Waals surface area contributed by atoms with Crippen molar-refractivity contribution in [2.45, 2.75) is 18.7 Å².